The molecule has 3 saturated heterocycles. The zero-order chi connectivity index (χ0) is 21.2. The first kappa shape index (κ1) is 19.6. The van der Waals surface area contributed by atoms with E-state index in [1.807, 2.05) is 18.2 Å². The topological polar surface area (TPSA) is 87.8 Å². The number of aromatic nitrogens is 2. The molecule has 1 N–H and O–H groups in total. The van der Waals surface area contributed by atoms with Gasteiger partial charge in [-0.15, -0.1) is 0 Å². The maximum atomic E-state index is 13.3. The van der Waals surface area contributed by atoms with Gasteiger partial charge in [-0.25, -0.2) is 14.5 Å². The van der Waals surface area contributed by atoms with Gasteiger partial charge in [0.1, 0.15) is 6.10 Å². The molecule has 1 amide bonds. The minimum Gasteiger partial charge on any atom is -0.444 e. The molecule has 0 radical (unpaired) electrons. The number of nitrogens with zero attached hydrogens (tertiary/aromatic N) is 3. The van der Waals surface area contributed by atoms with Gasteiger partial charge in [0, 0.05) is 11.9 Å². The van der Waals surface area contributed by atoms with Crippen LogP contribution in [0.15, 0.2) is 54.7 Å². The molecule has 2 bridgehead atoms. The monoisotopic (exact) mass is 420 g/mol. The van der Waals surface area contributed by atoms with Crippen molar-refractivity contribution < 1.29 is 19.1 Å². The summed E-state index contributed by atoms with van der Waals surface area (Å²) in [5.74, 6) is -0.122. The van der Waals surface area contributed by atoms with Crippen LogP contribution in [0.2, 0.25) is 0 Å². The van der Waals surface area contributed by atoms with Crippen molar-refractivity contribution in [1.82, 2.24) is 15.1 Å². The second-order valence-electron chi connectivity index (χ2n) is 8.03. The quantitative estimate of drug-likeness (QED) is 0.503. The number of hydrogen-bond acceptors (Lipinski definition) is 6. The largest absolute Gasteiger partial charge is 0.444 e. The molecule has 0 spiro atoms. The Balaban J connectivity index is 1.38. The van der Waals surface area contributed by atoms with Gasteiger partial charge in [0.05, 0.1) is 23.0 Å². The lowest BCUT2D eigenvalue weighted by atomic mass is 9.86. The number of amides is 1. The second-order valence-corrected chi connectivity index (χ2v) is 8.03. The summed E-state index contributed by atoms with van der Waals surface area (Å²) in [5.41, 5.74) is 1.67. The van der Waals surface area contributed by atoms with Crippen molar-refractivity contribution in [3.05, 3.63) is 60.3 Å². The summed E-state index contributed by atoms with van der Waals surface area (Å²) < 4.78 is 11.4. The van der Waals surface area contributed by atoms with Crippen molar-refractivity contribution in [3.63, 3.8) is 0 Å². The van der Waals surface area contributed by atoms with Crippen LogP contribution < -0.4 is 4.90 Å². The minimum absolute atomic E-state index is 0.150. The van der Waals surface area contributed by atoms with Crippen molar-refractivity contribution in [1.29, 1.82) is 0 Å². The molecular formula is C23H24N4O4. The number of benzene rings is 2. The number of para-hydroxylation sites is 1. The summed E-state index contributed by atoms with van der Waals surface area (Å²) in [6.45, 7) is 2.61. The fourth-order valence-electron chi connectivity index (χ4n) is 4.42. The number of aromatic amines is 1. The Kier molecular flexibility index (Phi) is 5.30. The first-order valence-corrected chi connectivity index (χ1v) is 10.5. The number of piperidine rings is 3. The number of H-pyrrole nitrogens is 1. The van der Waals surface area contributed by atoms with Crippen molar-refractivity contribution in [3.8, 4) is 0 Å². The highest BCUT2D eigenvalue weighted by molar-refractivity contribution is 5.99. The molecule has 8 heteroatoms. The maximum Gasteiger partial charge on any atom is 0.417 e. The molecule has 31 heavy (non-hydrogen) atoms. The molecule has 0 unspecified atom stereocenters. The molecule has 0 aliphatic carbocycles. The standard InChI is InChI=1S/C23H24N4O4/c28-22(17-5-2-1-3-6-17)30-15-27(19-8-4-7-18-13-24-25-21(18)19)23(29)31-20-14-26-11-9-16(20)10-12-26/h1-8,13,16,20H,9-12,14-15H2,(H,24,25)/t20-/m0/s1. The molecule has 1 aromatic heterocycles. The number of carbonyl (C=O) groups is 2. The van der Waals surface area contributed by atoms with Crippen molar-refractivity contribution in [2.75, 3.05) is 31.3 Å². The fourth-order valence-corrected chi connectivity index (χ4v) is 4.42. The van der Waals surface area contributed by atoms with E-state index in [4.69, 9.17) is 9.47 Å². The van der Waals surface area contributed by atoms with Gasteiger partial charge in [-0.1, -0.05) is 30.3 Å². The zero-order valence-electron chi connectivity index (χ0n) is 17.1. The third-order valence-corrected chi connectivity index (χ3v) is 6.15. The second kappa shape index (κ2) is 8.39. The van der Waals surface area contributed by atoms with Gasteiger partial charge >= 0.3 is 12.1 Å². The lowest BCUT2D eigenvalue weighted by Gasteiger charge is -2.44. The van der Waals surface area contributed by atoms with E-state index < -0.39 is 12.1 Å². The normalized spacial score (nSPS) is 22.3. The summed E-state index contributed by atoms with van der Waals surface area (Å²) in [6.07, 6.45) is 3.09. The summed E-state index contributed by atoms with van der Waals surface area (Å²) in [6, 6.07) is 14.2. The van der Waals surface area contributed by atoms with Crippen LogP contribution in [-0.2, 0) is 9.47 Å². The molecule has 4 heterocycles. The Labute approximate surface area is 179 Å². The van der Waals surface area contributed by atoms with E-state index in [9.17, 15) is 9.59 Å². The Hall–Kier alpha value is -3.39. The molecule has 6 rings (SSSR count). The van der Waals surface area contributed by atoms with E-state index in [1.54, 1.807) is 36.5 Å². The number of hydrogen-bond donors (Lipinski definition) is 1. The molecule has 3 fully saturated rings. The molecule has 160 valence electrons. The molecule has 8 nitrogen and oxygen atoms in total. The van der Waals surface area contributed by atoms with Gasteiger partial charge in [-0.2, -0.15) is 5.10 Å². The predicted octanol–water partition coefficient (Wildman–Crippen LogP) is 3.41. The number of ether oxygens (including phenoxy) is 2. The summed E-state index contributed by atoms with van der Waals surface area (Å²) >= 11 is 0. The number of carbonyl (C=O) groups excluding carboxylic acids is 2. The van der Waals surface area contributed by atoms with Gasteiger partial charge < -0.3 is 9.47 Å². The first-order valence-electron chi connectivity index (χ1n) is 10.5. The molecule has 3 aliphatic heterocycles. The van der Waals surface area contributed by atoms with Crippen molar-refractivity contribution in [2.24, 2.45) is 5.92 Å². The molecule has 3 aliphatic rings. The van der Waals surface area contributed by atoms with Gasteiger partial charge in [0.2, 0.25) is 0 Å². The molecular weight excluding hydrogens is 396 g/mol. The average Bonchev–Trinajstić information content (AvgIpc) is 3.30. The number of rotatable bonds is 5. The van der Waals surface area contributed by atoms with Crippen LogP contribution in [-0.4, -0.2) is 59.6 Å². The number of esters is 1. The summed E-state index contributed by atoms with van der Waals surface area (Å²) in [7, 11) is 0. The van der Waals surface area contributed by atoms with Crippen LogP contribution >= 0.6 is 0 Å². The van der Waals surface area contributed by atoms with Crippen LogP contribution in [0.5, 0.6) is 0 Å². The Bertz CT molecular complexity index is 1080. The number of nitrogens with one attached hydrogen (secondary N) is 1. The van der Waals surface area contributed by atoms with E-state index in [1.165, 1.54) is 4.90 Å². The van der Waals surface area contributed by atoms with Gasteiger partial charge in [-0.05, 0) is 50.0 Å². The van der Waals surface area contributed by atoms with Gasteiger partial charge in [-0.3, -0.25) is 10.00 Å². The average molecular weight is 420 g/mol. The highest BCUT2D eigenvalue weighted by Gasteiger charge is 2.37. The first-order chi connectivity index (χ1) is 15.2. The Morgan fingerprint density at radius 3 is 2.65 bits per heavy atom. The smallest absolute Gasteiger partial charge is 0.417 e. The SMILES string of the molecule is O=C(OCN(C(=O)O[C@H]1CN2CCC1CC2)c1cccc2cn[nH]c12)c1ccccc1. The van der Waals surface area contributed by atoms with E-state index >= 15 is 0 Å². The maximum absolute atomic E-state index is 13.3. The van der Waals surface area contributed by atoms with Crippen LogP contribution in [0.25, 0.3) is 10.9 Å². The van der Waals surface area contributed by atoms with Crippen LogP contribution in [0, 0.1) is 5.92 Å². The van der Waals surface area contributed by atoms with Gasteiger partial charge in [0.25, 0.3) is 0 Å². The number of anilines is 1. The predicted molar refractivity (Wildman–Crippen MR) is 115 cm³/mol. The summed E-state index contributed by atoms with van der Waals surface area (Å²) in [5, 5.41) is 7.85. The highest BCUT2D eigenvalue weighted by Crippen LogP contribution is 2.31. The van der Waals surface area contributed by atoms with E-state index in [2.05, 4.69) is 15.1 Å². The van der Waals surface area contributed by atoms with E-state index in [0.29, 0.717) is 22.7 Å². The van der Waals surface area contributed by atoms with Crippen LogP contribution in [0.4, 0.5) is 10.5 Å². The third kappa shape index (κ3) is 3.98. The lowest BCUT2D eigenvalue weighted by Crippen LogP contribution is -2.53. The molecule has 0 saturated carbocycles. The minimum atomic E-state index is -0.526. The van der Waals surface area contributed by atoms with Gasteiger partial charge in [0.15, 0.2) is 6.73 Å². The van der Waals surface area contributed by atoms with E-state index in [0.717, 1.165) is 37.9 Å². The van der Waals surface area contributed by atoms with Crippen molar-refractivity contribution in [2.45, 2.75) is 18.9 Å². The summed E-state index contributed by atoms with van der Waals surface area (Å²) in [4.78, 5) is 29.4. The molecule has 2 aromatic carbocycles. The lowest BCUT2D eigenvalue weighted by molar-refractivity contribution is -0.0322. The zero-order valence-corrected chi connectivity index (χ0v) is 17.1. The Morgan fingerprint density at radius 2 is 1.90 bits per heavy atom. The third-order valence-electron chi connectivity index (χ3n) is 6.15. The molecule has 3 aromatic rings. The number of fused-ring (bicyclic) bond motifs is 4. The Morgan fingerprint density at radius 1 is 1.10 bits per heavy atom. The van der Waals surface area contributed by atoms with Crippen LogP contribution in [0.1, 0.15) is 23.2 Å². The van der Waals surface area contributed by atoms with E-state index in [-0.39, 0.29) is 12.8 Å². The fraction of sp³-hybridized carbons (Fsp3) is 0.348. The van der Waals surface area contributed by atoms with Crippen LogP contribution in [0.3, 0.4) is 0 Å². The van der Waals surface area contributed by atoms with Crippen molar-refractivity contribution >= 4 is 28.7 Å². The molecule has 1 atom stereocenters. The highest BCUT2D eigenvalue weighted by atomic mass is 16.6.